The predicted octanol–water partition coefficient (Wildman–Crippen LogP) is 7.22. The Morgan fingerprint density at radius 3 is 2.39 bits per heavy atom. The van der Waals surface area contributed by atoms with Crippen molar-refractivity contribution in [3.8, 4) is 11.4 Å². The highest BCUT2D eigenvalue weighted by Gasteiger charge is 2.19. The molecule has 33 heavy (non-hydrogen) atoms. The summed E-state index contributed by atoms with van der Waals surface area (Å²) >= 11 is 14.5. The van der Waals surface area contributed by atoms with Crippen molar-refractivity contribution >= 4 is 57.3 Å². The molecule has 0 N–H and O–H groups in total. The smallest absolute Gasteiger partial charge is 0.275 e. The van der Waals surface area contributed by atoms with Gasteiger partial charge in [0.05, 0.1) is 11.4 Å². The molecule has 4 nitrogen and oxygen atoms in total. The zero-order valence-electron chi connectivity index (χ0n) is 17.6. The molecule has 0 aliphatic carbocycles. The number of nitrogens with zero attached hydrogens (tertiary/aromatic N) is 3. The van der Waals surface area contributed by atoms with Crippen molar-refractivity contribution < 1.29 is 0 Å². The minimum Gasteiger partial charge on any atom is -0.275 e. The third-order valence-electron chi connectivity index (χ3n) is 5.23. The van der Waals surface area contributed by atoms with E-state index >= 15 is 0 Å². The van der Waals surface area contributed by atoms with E-state index in [1.54, 1.807) is 4.57 Å². The lowest BCUT2D eigenvalue weighted by Crippen LogP contribution is -2.21. The van der Waals surface area contributed by atoms with Crippen molar-refractivity contribution in [3.63, 3.8) is 0 Å². The van der Waals surface area contributed by atoms with Crippen LogP contribution in [0.2, 0.25) is 5.02 Å². The number of fused-ring (bicyclic) bond motifs is 1. The highest BCUT2D eigenvalue weighted by Crippen LogP contribution is 2.30. The van der Waals surface area contributed by atoms with Gasteiger partial charge in [0.2, 0.25) is 0 Å². The zero-order chi connectivity index (χ0) is 22.9. The van der Waals surface area contributed by atoms with E-state index in [0.29, 0.717) is 30.2 Å². The van der Waals surface area contributed by atoms with Crippen LogP contribution in [0.4, 0.5) is 0 Å². The molecule has 3 aromatic carbocycles. The standard InChI is InChI=1S/C25H18ClN3OS3/c1-16-7-5-6-10-20(16)29-22-21(33-25(29)31)23(30)28(19-8-3-2-4-9-19)24(27-22)32-15-17-11-13-18(26)14-12-17/h2-14H,15H2,1H3. The van der Waals surface area contributed by atoms with Crippen LogP contribution in [0.25, 0.3) is 21.7 Å². The number of benzene rings is 3. The Balaban J connectivity index is 1.72. The summed E-state index contributed by atoms with van der Waals surface area (Å²) in [5.74, 6) is 0.650. The normalized spacial score (nSPS) is 11.2. The van der Waals surface area contributed by atoms with Gasteiger partial charge in [0.25, 0.3) is 5.56 Å². The van der Waals surface area contributed by atoms with E-state index < -0.39 is 0 Å². The van der Waals surface area contributed by atoms with Crippen LogP contribution in [0.1, 0.15) is 11.1 Å². The van der Waals surface area contributed by atoms with Crippen molar-refractivity contribution in [2.75, 3.05) is 0 Å². The molecule has 5 rings (SSSR count). The SMILES string of the molecule is Cc1ccccc1-n1c(=S)sc2c(=O)n(-c3ccccc3)c(SCc3ccc(Cl)cc3)nc21. The Kier molecular flexibility index (Phi) is 6.21. The quantitative estimate of drug-likeness (QED) is 0.143. The average Bonchev–Trinajstić information content (AvgIpc) is 3.16. The average molecular weight is 508 g/mol. The van der Waals surface area contributed by atoms with Crippen molar-refractivity contribution in [2.24, 2.45) is 0 Å². The molecule has 0 saturated heterocycles. The topological polar surface area (TPSA) is 39.8 Å². The van der Waals surface area contributed by atoms with Gasteiger partial charge in [0, 0.05) is 10.8 Å². The molecule has 2 aromatic heterocycles. The van der Waals surface area contributed by atoms with Crippen LogP contribution in [-0.4, -0.2) is 14.1 Å². The lowest BCUT2D eigenvalue weighted by molar-refractivity contribution is 0.811. The third-order valence-corrected chi connectivity index (χ3v) is 7.84. The van der Waals surface area contributed by atoms with Gasteiger partial charge in [0.1, 0.15) is 4.70 Å². The third kappa shape index (κ3) is 4.29. The Labute approximate surface area is 209 Å². The van der Waals surface area contributed by atoms with Gasteiger partial charge in [-0.15, -0.1) is 0 Å². The number of thioether (sulfide) groups is 1. The van der Waals surface area contributed by atoms with Crippen LogP contribution in [0, 0.1) is 10.9 Å². The fraction of sp³-hybridized carbons (Fsp3) is 0.0800. The van der Waals surface area contributed by atoms with E-state index in [4.69, 9.17) is 28.8 Å². The first-order chi connectivity index (χ1) is 16.0. The minimum absolute atomic E-state index is 0.117. The van der Waals surface area contributed by atoms with Gasteiger partial charge in [-0.05, 0) is 60.6 Å². The molecule has 0 bridgehead atoms. The molecule has 164 valence electrons. The fourth-order valence-electron chi connectivity index (χ4n) is 3.59. The monoisotopic (exact) mass is 507 g/mol. The van der Waals surface area contributed by atoms with Gasteiger partial charge in [-0.3, -0.25) is 13.9 Å². The van der Waals surface area contributed by atoms with Gasteiger partial charge in [-0.1, -0.05) is 83.2 Å². The van der Waals surface area contributed by atoms with E-state index in [1.165, 1.54) is 23.1 Å². The minimum atomic E-state index is -0.117. The van der Waals surface area contributed by atoms with Gasteiger partial charge < -0.3 is 0 Å². The number of rotatable bonds is 5. The molecule has 0 spiro atoms. The summed E-state index contributed by atoms with van der Waals surface area (Å²) in [6.45, 7) is 2.03. The first-order valence-corrected chi connectivity index (χ1v) is 12.8. The number of hydrogen-bond donors (Lipinski definition) is 0. The van der Waals surface area contributed by atoms with Crippen molar-refractivity contribution in [1.82, 2.24) is 14.1 Å². The Morgan fingerprint density at radius 2 is 1.67 bits per heavy atom. The van der Waals surface area contributed by atoms with E-state index in [0.717, 1.165) is 22.5 Å². The van der Waals surface area contributed by atoms with Crippen molar-refractivity contribution in [3.05, 3.63) is 109 Å². The molecule has 0 atom stereocenters. The first kappa shape index (κ1) is 22.1. The van der Waals surface area contributed by atoms with E-state index in [9.17, 15) is 4.79 Å². The maximum Gasteiger partial charge on any atom is 0.278 e. The second kappa shape index (κ2) is 9.27. The fourth-order valence-corrected chi connectivity index (χ4v) is 5.97. The van der Waals surface area contributed by atoms with E-state index in [1.807, 2.05) is 90.4 Å². The van der Waals surface area contributed by atoms with Crippen LogP contribution in [-0.2, 0) is 5.75 Å². The highest BCUT2D eigenvalue weighted by atomic mass is 35.5. The number of hydrogen-bond acceptors (Lipinski definition) is 5. The molecule has 5 aromatic rings. The molecule has 0 radical (unpaired) electrons. The highest BCUT2D eigenvalue weighted by molar-refractivity contribution is 7.98. The number of thiazole rings is 1. The largest absolute Gasteiger partial charge is 0.278 e. The molecule has 2 heterocycles. The number of aryl methyl sites for hydroxylation is 1. The van der Waals surface area contributed by atoms with Crippen LogP contribution in [0.3, 0.4) is 0 Å². The van der Waals surface area contributed by atoms with Crippen LogP contribution in [0.15, 0.2) is 88.8 Å². The Hall–Kier alpha value is -2.71. The van der Waals surface area contributed by atoms with E-state index in [2.05, 4.69) is 0 Å². The number of para-hydroxylation sites is 2. The molecule has 0 aliphatic rings. The van der Waals surface area contributed by atoms with Crippen LogP contribution < -0.4 is 5.56 Å². The summed E-state index contributed by atoms with van der Waals surface area (Å²) in [5.41, 5.74) is 4.35. The van der Waals surface area contributed by atoms with Gasteiger partial charge in [-0.25, -0.2) is 4.98 Å². The molecular formula is C25H18ClN3OS3. The molecule has 0 saturated carbocycles. The molecule has 0 fully saturated rings. The second-order valence-corrected chi connectivity index (χ2v) is 10.5. The summed E-state index contributed by atoms with van der Waals surface area (Å²) in [5, 5.41) is 1.31. The Morgan fingerprint density at radius 1 is 0.970 bits per heavy atom. The maximum absolute atomic E-state index is 13.7. The summed E-state index contributed by atoms with van der Waals surface area (Å²) in [6, 6.07) is 25.3. The summed E-state index contributed by atoms with van der Waals surface area (Å²) in [4.78, 5) is 18.7. The first-order valence-electron chi connectivity index (χ1n) is 10.2. The van der Waals surface area contributed by atoms with Gasteiger partial charge in [-0.2, -0.15) is 0 Å². The lowest BCUT2D eigenvalue weighted by atomic mass is 10.2. The maximum atomic E-state index is 13.7. The number of halogens is 1. The summed E-state index contributed by atoms with van der Waals surface area (Å²) in [7, 11) is 0. The zero-order valence-corrected chi connectivity index (χ0v) is 20.8. The predicted molar refractivity (Wildman–Crippen MR) is 141 cm³/mol. The van der Waals surface area contributed by atoms with Crippen LogP contribution in [0.5, 0.6) is 0 Å². The number of aromatic nitrogens is 3. The molecule has 0 aliphatic heterocycles. The van der Waals surface area contributed by atoms with Crippen LogP contribution >= 0.6 is 46.9 Å². The van der Waals surface area contributed by atoms with Crippen molar-refractivity contribution in [1.29, 1.82) is 0 Å². The van der Waals surface area contributed by atoms with Crippen molar-refractivity contribution in [2.45, 2.75) is 17.8 Å². The van der Waals surface area contributed by atoms with E-state index in [-0.39, 0.29) is 5.56 Å². The molecule has 8 heteroatoms. The second-order valence-electron chi connectivity index (χ2n) is 7.43. The van der Waals surface area contributed by atoms with Gasteiger partial charge >= 0.3 is 0 Å². The molecule has 0 unspecified atom stereocenters. The van der Waals surface area contributed by atoms with Gasteiger partial charge in [0.15, 0.2) is 14.8 Å². The molecular weight excluding hydrogens is 490 g/mol. The lowest BCUT2D eigenvalue weighted by Gasteiger charge is -2.13. The molecule has 0 amide bonds. The summed E-state index contributed by atoms with van der Waals surface area (Å²) in [6.07, 6.45) is 0. The summed E-state index contributed by atoms with van der Waals surface area (Å²) < 4.78 is 4.73. The Bertz CT molecular complexity index is 1570.